The van der Waals surface area contributed by atoms with Gasteiger partial charge in [0.15, 0.2) is 0 Å². The Morgan fingerprint density at radius 2 is 2.35 bits per heavy atom. The molecule has 1 saturated heterocycles. The summed E-state index contributed by atoms with van der Waals surface area (Å²) in [5.41, 5.74) is 2.20. The molecule has 0 bridgehead atoms. The van der Waals surface area contributed by atoms with E-state index in [4.69, 9.17) is 11.6 Å². The number of nitrogens with zero attached hydrogens (tertiary/aromatic N) is 3. The lowest BCUT2D eigenvalue weighted by atomic mass is 10.0. The summed E-state index contributed by atoms with van der Waals surface area (Å²) in [4.78, 5) is 14.3. The van der Waals surface area contributed by atoms with Crippen LogP contribution in [0.15, 0.2) is 12.1 Å². The number of benzene rings is 1. The van der Waals surface area contributed by atoms with E-state index in [2.05, 4.69) is 14.1 Å². The van der Waals surface area contributed by atoms with Crippen molar-refractivity contribution >= 4 is 46.0 Å². The van der Waals surface area contributed by atoms with E-state index in [1.807, 2.05) is 13.0 Å². The maximum absolute atomic E-state index is 12.6. The van der Waals surface area contributed by atoms with Crippen LogP contribution in [-0.2, 0) is 4.79 Å². The van der Waals surface area contributed by atoms with E-state index in [1.54, 1.807) is 11.0 Å². The molecule has 0 spiro atoms. The highest BCUT2D eigenvalue weighted by atomic mass is 35.5. The Morgan fingerprint density at radius 1 is 1.50 bits per heavy atom. The fourth-order valence-electron chi connectivity index (χ4n) is 2.60. The van der Waals surface area contributed by atoms with Crippen LogP contribution in [0.4, 0.5) is 5.69 Å². The van der Waals surface area contributed by atoms with Crippen LogP contribution < -0.4 is 10.2 Å². The number of likely N-dealkylation sites (N-methyl/N-ethyl adjacent to an activating group) is 1. The third-order valence-electron chi connectivity index (χ3n) is 3.51. The van der Waals surface area contributed by atoms with Crippen LogP contribution in [0.3, 0.4) is 0 Å². The number of fused-ring (bicyclic) bond motifs is 1. The fraction of sp³-hybridized carbons (Fsp3) is 0.462. The van der Waals surface area contributed by atoms with E-state index in [9.17, 15) is 4.79 Å². The van der Waals surface area contributed by atoms with E-state index in [0.717, 1.165) is 36.6 Å². The van der Waals surface area contributed by atoms with Gasteiger partial charge in [-0.3, -0.25) is 4.79 Å². The summed E-state index contributed by atoms with van der Waals surface area (Å²) in [5.74, 6) is 0.0699. The Labute approximate surface area is 126 Å². The van der Waals surface area contributed by atoms with Gasteiger partial charge < -0.3 is 10.2 Å². The minimum Gasteiger partial charge on any atom is -0.308 e. The first-order valence-corrected chi connectivity index (χ1v) is 7.78. The van der Waals surface area contributed by atoms with E-state index < -0.39 is 0 Å². The Kier molecular flexibility index (Phi) is 3.87. The van der Waals surface area contributed by atoms with E-state index in [0.29, 0.717) is 22.8 Å². The number of hydrogen-bond acceptors (Lipinski definition) is 5. The number of nitrogens with one attached hydrogen (secondary N) is 1. The molecule has 0 radical (unpaired) electrons. The van der Waals surface area contributed by atoms with Crippen molar-refractivity contribution in [1.82, 2.24) is 14.1 Å². The molecule has 1 N–H and O–H groups in total. The van der Waals surface area contributed by atoms with E-state index in [1.165, 1.54) is 0 Å². The smallest absolute Gasteiger partial charge is 0.244 e. The SMILES string of the molecule is CCNC1CCCN(c2c(Cl)ccc3nsnc23)C1=O. The van der Waals surface area contributed by atoms with Gasteiger partial charge in [-0.05, 0) is 31.5 Å². The summed E-state index contributed by atoms with van der Waals surface area (Å²) in [6.45, 7) is 3.46. The second-order valence-electron chi connectivity index (χ2n) is 4.77. The lowest BCUT2D eigenvalue weighted by molar-refractivity contribution is -0.121. The molecule has 0 aliphatic carbocycles. The molecule has 2 aromatic rings. The molecular formula is C13H15ClN4OS. The van der Waals surface area contributed by atoms with Gasteiger partial charge in [0.1, 0.15) is 11.0 Å². The monoisotopic (exact) mass is 310 g/mol. The zero-order valence-corrected chi connectivity index (χ0v) is 12.7. The topological polar surface area (TPSA) is 58.1 Å². The molecule has 2 heterocycles. The van der Waals surface area contributed by atoms with Crippen molar-refractivity contribution in [3.63, 3.8) is 0 Å². The standard InChI is InChI=1S/C13H15ClN4OS/c1-2-15-10-4-3-7-18(13(10)19)12-8(14)5-6-9-11(12)17-20-16-9/h5-6,10,15H,2-4,7H2,1H3. The van der Waals surface area contributed by atoms with Crippen LogP contribution in [0.1, 0.15) is 19.8 Å². The maximum Gasteiger partial charge on any atom is 0.244 e. The van der Waals surface area contributed by atoms with E-state index in [-0.39, 0.29) is 11.9 Å². The van der Waals surface area contributed by atoms with Crippen molar-refractivity contribution in [2.24, 2.45) is 0 Å². The van der Waals surface area contributed by atoms with Crippen LogP contribution in [0.5, 0.6) is 0 Å². The van der Waals surface area contributed by atoms with Gasteiger partial charge in [0.25, 0.3) is 0 Å². The lowest BCUT2D eigenvalue weighted by Gasteiger charge is -2.33. The van der Waals surface area contributed by atoms with Gasteiger partial charge in [0, 0.05) is 6.54 Å². The first-order chi connectivity index (χ1) is 9.72. The van der Waals surface area contributed by atoms with Gasteiger partial charge in [0.05, 0.1) is 28.5 Å². The van der Waals surface area contributed by atoms with Crippen molar-refractivity contribution < 1.29 is 4.79 Å². The molecule has 1 amide bonds. The number of carbonyl (C=O) groups excluding carboxylic acids is 1. The van der Waals surface area contributed by atoms with Gasteiger partial charge in [-0.1, -0.05) is 18.5 Å². The predicted molar refractivity (Wildman–Crippen MR) is 81.5 cm³/mol. The van der Waals surface area contributed by atoms with Gasteiger partial charge >= 0.3 is 0 Å². The molecule has 3 rings (SSSR count). The number of amides is 1. The van der Waals surface area contributed by atoms with Gasteiger partial charge in [-0.25, -0.2) is 0 Å². The number of anilines is 1. The Balaban J connectivity index is 2.03. The number of rotatable bonds is 3. The molecular weight excluding hydrogens is 296 g/mol. The zero-order valence-electron chi connectivity index (χ0n) is 11.1. The molecule has 20 heavy (non-hydrogen) atoms. The largest absolute Gasteiger partial charge is 0.308 e. The molecule has 7 heteroatoms. The zero-order chi connectivity index (χ0) is 14.1. The predicted octanol–water partition coefficient (Wildman–Crippen LogP) is 2.45. The van der Waals surface area contributed by atoms with Crippen molar-refractivity contribution in [3.8, 4) is 0 Å². The minimum absolute atomic E-state index is 0.0699. The minimum atomic E-state index is -0.133. The van der Waals surface area contributed by atoms with Gasteiger partial charge in [-0.2, -0.15) is 8.75 Å². The number of piperidine rings is 1. The molecule has 1 atom stereocenters. The third-order valence-corrected chi connectivity index (χ3v) is 4.36. The summed E-state index contributed by atoms with van der Waals surface area (Å²) < 4.78 is 8.51. The Morgan fingerprint density at radius 3 is 3.15 bits per heavy atom. The quantitative estimate of drug-likeness (QED) is 0.946. The summed E-state index contributed by atoms with van der Waals surface area (Å²) >= 11 is 7.45. The second-order valence-corrected chi connectivity index (χ2v) is 5.71. The summed E-state index contributed by atoms with van der Waals surface area (Å²) in [6, 6.07) is 3.48. The average molecular weight is 311 g/mol. The third kappa shape index (κ3) is 2.28. The molecule has 1 aliphatic heterocycles. The first kappa shape index (κ1) is 13.7. The van der Waals surface area contributed by atoms with Gasteiger partial charge in [0.2, 0.25) is 5.91 Å². The number of aromatic nitrogens is 2. The molecule has 1 unspecified atom stereocenters. The molecule has 5 nitrogen and oxygen atoms in total. The van der Waals surface area contributed by atoms with E-state index >= 15 is 0 Å². The normalized spacial score (nSPS) is 19.8. The molecule has 106 valence electrons. The highest BCUT2D eigenvalue weighted by molar-refractivity contribution is 7.00. The van der Waals surface area contributed by atoms with Crippen molar-refractivity contribution in [1.29, 1.82) is 0 Å². The Bertz CT molecular complexity index is 642. The molecule has 1 aliphatic rings. The van der Waals surface area contributed by atoms with Crippen molar-refractivity contribution in [2.75, 3.05) is 18.0 Å². The molecule has 0 saturated carbocycles. The molecule has 1 fully saturated rings. The number of hydrogen-bond donors (Lipinski definition) is 1. The van der Waals surface area contributed by atoms with Gasteiger partial charge in [-0.15, -0.1) is 0 Å². The maximum atomic E-state index is 12.6. The summed E-state index contributed by atoms with van der Waals surface area (Å²) in [7, 11) is 0. The van der Waals surface area contributed by atoms with Crippen LogP contribution >= 0.6 is 23.3 Å². The van der Waals surface area contributed by atoms with Crippen LogP contribution in [0.2, 0.25) is 5.02 Å². The Hall–Kier alpha value is -1.24. The average Bonchev–Trinajstić information content (AvgIpc) is 2.90. The lowest BCUT2D eigenvalue weighted by Crippen LogP contribution is -2.51. The van der Waals surface area contributed by atoms with Crippen molar-refractivity contribution in [2.45, 2.75) is 25.8 Å². The summed E-state index contributed by atoms with van der Waals surface area (Å²) in [6.07, 6.45) is 1.82. The first-order valence-electron chi connectivity index (χ1n) is 6.68. The van der Waals surface area contributed by atoms with Crippen LogP contribution in [0.25, 0.3) is 11.0 Å². The summed E-state index contributed by atoms with van der Waals surface area (Å²) in [5, 5.41) is 3.78. The van der Waals surface area contributed by atoms with Crippen molar-refractivity contribution in [3.05, 3.63) is 17.2 Å². The van der Waals surface area contributed by atoms with Crippen LogP contribution in [0, 0.1) is 0 Å². The second kappa shape index (κ2) is 5.63. The highest BCUT2D eigenvalue weighted by Crippen LogP contribution is 2.35. The fourth-order valence-corrected chi connectivity index (χ4v) is 3.40. The highest BCUT2D eigenvalue weighted by Gasteiger charge is 2.31. The number of carbonyl (C=O) groups is 1. The molecule has 1 aromatic carbocycles. The molecule has 1 aromatic heterocycles. The number of halogens is 1. The van der Waals surface area contributed by atoms with Crippen LogP contribution in [-0.4, -0.2) is 33.8 Å².